The molecule has 0 heterocycles. The number of carbonyl (C=O) groups excluding carboxylic acids is 2. The van der Waals surface area contributed by atoms with Gasteiger partial charge in [-0.3, -0.25) is 0 Å². The number of rotatable bonds is 4. The molecule has 0 unspecified atom stereocenters. The zero-order valence-electron chi connectivity index (χ0n) is 7.20. The van der Waals surface area contributed by atoms with Crippen molar-refractivity contribution in [3.05, 3.63) is 10.5 Å². The third-order valence-electron chi connectivity index (χ3n) is 1.76. The molecule has 0 fully saturated rings. The van der Waals surface area contributed by atoms with Gasteiger partial charge in [-0.25, -0.2) is 9.59 Å². The summed E-state index contributed by atoms with van der Waals surface area (Å²) in [5, 5.41) is 2.00. The van der Waals surface area contributed by atoms with Gasteiger partial charge in [0, 0.05) is 22.6 Å². The first-order chi connectivity index (χ1) is 5.29. The van der Waals surface area contributed by atoms with Crippen molar-refractivity contribution in [2.24, 2.45) is 0 Å². The third kappa shape index (κ3) is 4.73. The van der Waals surface area contributed by atoms with Crippen molar-refractivity contribution in [1.82, 2.24) is 0 Å². The molecule has 0 radical (unpaired) electrons. The van der Waals surface area contributed by atoms with Crippen molar-refractivity contribution < 1.29 is 26.1 Å². The van der Waals surface area contributed by atoms with Gasteiger partial charge in [0.25, 0.3) is 0 Å². The van der Waals surface area contributed by atoms with Gasteiger partial charge in [-0.15, -0.1) is 0 Å². The Bertz CT molecular complexity index is 211. The van der Waals surface area contributed by atoms with E-state index >= 15 is 0 Å². The van der Waals surface area contributed by atoms with E-state index in [2.05, 4.69) is 0 Å². The van der Waals surface area contributed by atoms with E-state index in [-0.39, 0.29) is 16.5 Å². The van der Waals surface area contributed by atoms with Crippen molar-refractivity contribution in [3.63, 3.8) is 0 Å². The van der Waals surface area contributed by atoms with Crippen molar-refractivity contribution in [1.29, 1.82) is 0 Å². The van der Waals surface area contributed by atoms with Gasteiger partial charge in [-0.2, -0.15) is 0 Å². The molecule has 0 spiro atoms. The van der Waals surface area contributed by atoms with Gasteiger partial charge < -0.3 is 0 Å². The third-order valence-corrected chi connectivity index (χ3v) is 4.89. The SMILES string of the molecule is C[CH2][Al]([CH2]C)[C](=C=O)C=C=O.[Ni]. The largest absolute Gasteiger partial charge is 0.325 e. The van der Waals surface area contributed by atoms with Crippen molar-refractivity contribution in [2.45, 2.75) is 24.4 Å². The summed E-state index contributed by atoms with van der Waals surface area (Å²) < 4.78 is 0.574. The van der Waals surface area contributed by atoms with Gasteiger partial charge in [-0.05, 0) is 4.44 Å². The molecule has 0 aliphatic carbocycles. The van der Waals surface area contributed by atoms with E-state index < -0.39 is 14.1 Å². The Kier molecular flexibility index (Phi) is 10.9. The van der Waals surface area contributed by atoms with Crippen LogP contribution < -0.4 is 0 Å². The van der Waals surface area contributed by atoms with Crippen LogP contribution in [0.15, 0.2) is 10.5 Å². The zero-order valence-corrected chi connectivity index (χ0v) is 9.34. The Morgan fingerprint density at radius 2 is 1.83 bits per heavy atom. The molecule has 0 atom stereocenters. The molecule has 68 valence electrons. The average molecular weight is 225 g/mol. The second-order valence-electron chi connectivity index (χ2n) is 2.33. The Morgan fingerprint density at radius 1 is 1.33 bits per heavy atom. The fourth-order valence-electron chi connectivity index (χ4n) is 1.02. The van der Waals surface area contributed by atoms with E-state index in [1.165, 1.54) is 6.08 Å². The van der Waals surface area contributed by atoms with Gasteiger partial charge in [0.1, 0.15) is 11.9 Å². The summed E-state index contributed by atoms with van der Waals surface area (Å²) in [5.74, 6) is 3.44. The predicted octanol–water partition coefficient (Wildman–Crippen LogP) is 1.20. The van der Waals surface area contributed by atoms with Crippen LogP contribution in [0.4, 0.5) is 0 Å². The molecule has 0 saturated carbocycles. The summed E-state index contributed by atoms with van der Waals surface area (Å²) in [7, 11) is 0. The molecular formula is C8H11AlNiO2. The van der Waals surface area contributed by atoms with Crippen LogP contribution in [-0.2, 0) is 26.1 Å². The van der Waals surface area contributed by atoms with E-state index in [4.69, 9.17) is 0 Å². The summed E-state index contributed by atoms with van der Waals surface area (Å²) in [6, 6.07) is 0. The summed E-state index contributed by atoms with van der Waals surface area (Å²) >= 11 is -1.15. The molecule has 0 aliphatic rings. The molecule has 0 amide bonds. The molecule has 0 saturated heterocycles. The fourth-order valence-corrected chi connectivity index (χ4v) is 2.95. The minimum absolute atomic E-state index is 0. The van der Waals surface area contributed by atoms with Crippen LogP contribution in [0.25, 0.3) is 0 Å². The van der Waals surface area contributed by atoms with Crippen LogP contribution in [0.5, 0.6) is 0 Å². The van der Waals surface area contributed by atoms with Crippen molar-refractivity contribution >= 4 is 26.0 Å². The molecule has 4 heteroatoms. The van der Waals surface area contributed by atoms with Crippen LogP contribution in [0.1, 0.15) is 13.8 Å². The van der Waals surface area contributed by atoms with Crippen molar-refractivity contribution in [3.8, 4) is 0 Å². The van der Waals surface area contributed by atoms with Crippen LogP contribution >= 0.6 is 0 Å². The van der Waals surface area contributed by atoms with E-state index in [9.17, 15) is 9.59 Å². The molecule has 0 N–H and O–H groups in total. The van der Waals surface area contributed by atoms with Crippen LogP contribution in [0.3, 0.4) is 0 Å². The van der Waals surface area contributed by atoms with Gasteiger partial charge >= 0.3 is 14.1 Å². The normalized spacial score (nSPS) is 7.17. The Labute approximate surface area is 87.0 Å². The standard InChI is InChI=1S/C4HO2.2C2H5.Al.Ni/c5-3-1-2-4-6;2*1-2;;/h1H;2*1H2,2H3;;. The van der Waals surface area contributed by atoms with Crippen LogP contribution in [-0.4, -0.2) is 26.0 Å². The number of hydrogen-bond acceptors (Lipinski definition) is 2. The molecular weight excluding hydrogens is 214 g/mol. The topological polar surface area (TPSA) is 34.1 Å². The zero-order chi connectivity index (χ0) is 8.69. The van der Waals surface area contributed by atoms with E-state index in [0.29, 0.717) is 4.44 Å². The number of allylic oxidation sites excluding steroid dienone is 2. The van der Waals surface area contributed by atoms with Crippen LogP contribution in [0.2, 0.25) is 10.6 Å². The quantitative estimate of drug-likeness (QED) is 0.409. The molecule has 0 aromatic carbocycles. The molecule has 0 rings (SSSR count). The first-order valence-corrected chi connectivity index (χ1v) is 5.97. The van der Waals surface area contributed by atoms with Crippen molar-refractivity contribution in [2.75, 3.05) is 0 Å². The van der Waals surface area contributed by atoms with Gasteiger partial charge in [0.15, 0.2) is 0 Å². The second kappa shape index (κ2) is 9.02. The summed E-state index contributed by atoms with van der Waals surface area (Å²) in [4.78, 5) is 20.3. The molecule has 12 heavy (non-hydrogen) atoms. The van der Waals surface area contributed by atoms with E-state index in [1.54, 1.807) is 5.94 Å². The summed E-state index contributed by atoms with van der Waals surface area (Å²) in [5.41, 5.74) is 0. The molecule has 0 bridgehead atoms. The Balaban J connectivity index is 0. The summed E-state index contributed by atoms with van der Waals surface area (Å²) in [6.45, 7) is 4.08. The predicted molar refractivity (Wildman–Crippen MR) is 46.2 cm³/mol. The smallest absolute Gasteiger partial charge is 0.235 e. The maximum absolute atomic E-state index is 10.3. The van der Waals surface area contributed by atoms with Gasteiger partial charge in [-0.1, -0.05) is 24.4 Å². The number of hydrogen-bond donors (Lipinski definition) is 0. The Morgan fingerprint density at radius 3 is 2.08 bits per heavy atom. The molecule has 0 aromatic heterocycles. The maximum atomic E-state index is 10.3. The summed E-state index contributed by atoms with van der Waals surface area (Å²) in [6.07, 6.45) is 1.23. The van der Waals surface area contributed by atoms with Crippen LogP contribution in [0, 0.1) is 0 Å². The minimum atomic E-state index is -1.15. The van der Waals surface area contributed by atoms with E-state index in [1.807, 2.05) is 19.8 Å². The van der Waals surface area contributed by atoms with E-state index in [0.717, 1.165) is 10.6 Å². The second-order valence-corrected chi connectivity index (χ2v) is 5.98. The maximum Gasteiger partial charge on any atom is 0.325 e. The Hall–Kier alpha value is -0.0740. The minimum Gasteiger partial charge on any atom is -0.235 e. The molecule has 0 aliphatic heterocycles. The van der Waals surface area contributed by atoms with Gasteiger partial charge in [0.2, 0.25) is 0 Å². The van der Waals surface area contributed by atoms with Gasteiger partial charge in [0.05, 0.1) is 0 Å². The first kappa shape index (κ1) is 14.5. The average Bonchev–Trinajstić information content (AvgIpc) is 2.05. The monoisotopic (exact) mass is 224 g/mol. The first-order valence-electron chi connectivity index (χ1n) is 3.75. The fraction of sp³-hybridized carbons (Fsp3) is 0.500. The molecule has 0 aromatic rings. The molecule has 2 nitrogen and oxygen atoms in total.